The van der Waals surface area contributed by atoms with Crippen molar-refractivity contribution < 1.29 is 4.74 Å². The number of hydrogen-bond acceptors (Lipinski definition) is 3. The van der Waals surface area contributed by atoms with Crippen molar-refractivity contribution in [3.63, 3.8) is 0 Å². The minimum atomic E-state index is 0.753. The van der Waals surface area contributed by atoms with Crippen LogP contribution in [0.1, 0.15) is 19.0 Å². The Morgan fingerprint density at radius 1 is 1.24 bits per heavy atom. The second-order valence-corrected chi connectivity index (χ2v) is 5.35. The predicted molar refractivity (Wildman–Crippen MR) is 86.4 cm³/mol. The Bertz CT molecular complexity index is 818. The summed E-state index contributed by atoms with van der Waals surface area (Å²) in [7, 11) is 1.66. The number of nitrogens with one attached hydrogen (secondary N) is 1. The number of hydrogen-bond donors (Lipinski definition) is 1. The summed E-state index contributed by atoms with van der Waals surface area (Å²) < 4.78 is 7.78. The third-order valence-electron chi connectivity index (χ3n) is 3.41. The summed E-state index contributed by atoms with van der Waals surface area (Å²) >= 11 is 5.43. The Kier molecular flexibility index (Phi) is 3.75. The van der Waals surface area contributed by atoms with E-state index in [1.54, 1.807) is 7.11 Å². The highest BCUT2D eigenvalue weighted by Crippen LogP contribution is 2.22. The summed E-state index contributed by atoms with van der Waals surface area (Å²) in [6, 6.07) is 11.9. The van der Waals surface area contributed by atoms with E-state index in [1.165, 1.54) is 0 Å². The molecular weight excluding hydrogens is 282 g/mol. The van der Waals surface area contributed by atoms with E-state index in [2.05, 4.69) is 17.0 Å². The van der Waals surface area contributed by atoms with Crippen LogP contribution in [0, 0.1) is 4.64 Å². The third kappa shape index (κ3) is 2.69. The van der Waals surface area contributed by atoms with E-state index in [0.29, 0.717) is 0 Å². The van der Waals surface area contributed by atoms with Crippen molar-refractivity contribution in [2.45, 2.75) is 19.8 Å². The molecule has 0 atom stereocenters. The Balaban J connectivity index is 2.07. The zero-order valence-electron chi connectivity index (χ0n) is 12.1. The molecule has 21 heavy (non-hydrogen) atoms. The quantitative estimate of drug-likeness (QED) is 0.740. The number of rotatable bonds is 4. The van der Waals surface area contributed by atoms with Gasteiger partial charge in [0.15, 0.2) is 5.65 Å². The van der Waals surface area contributed by atoms with Crippen molar-refractivity contribution in [2.24, 2.45) is 0 Å². The molecule has 2 heterocycles. The lowest BCUT2D eigenvalue weighted by Crippen LogP contribution is -1.96. The molecule has 5 heteroatoms. The zero-order valence-corrected chi connectivity index (χ0v) is 12.9. The molecule has 0 unspecified atom stereocenters. The molecule has 0 bridgehead atoms. The van der Waals surface area contributed by atoms with Crippen LogP contribution in [-0.4, -0.2) is 21.7 Å². The van der Waals surface area contributed by atoms with Gasteiger partial charge in [-0.2, -0.15) is 0 Å². The van der Waals surface area contributed by atoms with Gasteiger partial charge in [0, 0.05) is 11.8 Å². The first-order valence-corrected chi connectivity index (χ1v) is 7.38. The maximum absolute atomic E-state index is 5.43. The Hall–Kier alpha value is -2.14. The van der Waals surface area contributed by atoms with Crippen LogP contribution in [-0.2, 0) is 6.42 Å². The maximum atomic E-state index is 5.43. The lowest BCUT2D eigenvalue weighted by Gasteiger charge is -2.01. The minimum Gasteiger partial charge on any atom is -0.497 e. The van der Waals surface area contributed by atoms with Crippen LogP contribution in [0.4, 0.5) is 0 Å². The molecule has 2 aromatic heterocycles. The van der Waals surface area contributed by atoms with Crippen molar-refractivity contribution in [3.8, 4) is 17.0 Å². The van der Waals surface area contributed by atoms with Gasteiger partial charge in [0.1, 0.15) is 10.4 Å². The van der Waals surface area contributed by atoms with E-state index in [1.807, 2.05) is 40.9 Å². The average Bonchev–Trinajstić information content (AvgIpc) is 2.92. The van der Waals surface area contributed by atoms with E-state index < -0.39 is 0 Å². The predicted octanol–water partition coefficient (Wildman–Crippen LogP) is 4.02. The molecule has 1 N–H and O–H groups in total. The van der Waals surface area contributed by atoms with Crippen LogP contribution < -0.4 is 4.74 Å². The van der Waals surface area contributed by atoms with Crippen LogP contribution in [0.3, 0.4) is 0 Å². The second kappa shape index (κ2) is 5.69. The maximum Gasteiger partial charge on any atom is 0.155 e. The van der Waals surface area contributed by atoms with Gasteiger partial charge in [-0.15, -0.1) is 0 Å². The normalized spacial score (nSPS) is 11.0. The van der Waals surface area contributed by atoms with Crippen LogP contribution >= 0.6 is 12.2 Å². The van der Waals surface area contributed by atoms with Crippen molar-refractivity contribution in [2.75, 3.05) is 7.11 Å². The Morgan fingerprint density at radius 2 is 2.00 bits per heavy atom. The minimum absolute atomic E-state index is 0.753. The first-order valence-electron chi connectivity index (χ1n) is 6.97. The molecule has 3 rings (SSSR count). The monoisotopic (exact) mass is 299 g/mol. The highest BCUT2D eigenvalue weighted by molar-refractivity contribution is 7.71. The molecule has 1 aromatic carbocycles. The number of aromatic amines is 1. The lowest BCUT2D eigenvalue weighted by molar-refractivity contribution is 0.415. The molecule has 0 fully saturated rings. The molecule has 4 nitrogen and oxygen atoms in total. The summed E-state index contributed by atoms with van der Waals surface area (Å²) in [5.41, 5.74) is 3.97. The van der Waals surface area contributed by atoms with E-state index >= 15 is 0 Å². The topological polar surface area (TPSA) is 42.3 Å². The largest absolute Gasteiger partial charge is 0.497 e. The molecule has 0 aliphatic carbocycles. The smallest absolute Gasteiger partial charge is 0.155 e. The summed E-state index contributed by atoms with van der Waals surface area (Å²) in [4.78, 5) is 4.65. The van der Waals surface area contributed by atoms with Gasteiger partial charge in [0.25, 0.3) is 0 Å². The van der Waals surface area contributed by atoms with Gasteiger partial charge in [-0.3, -0.25) is 5.10 Å². The van der Waals surface area contributed by atoms with Crippen molar-refractivity contribution in [1.29, 1.82) is 0 Å². The fourth-order valence-electron chi connectivity index (χ4n) is 2.34. The van der Waals surface area contributed by atoms with E-state index in [9.17, 15) is 0 Å². The lowest BCUT2D eigenvalue weighted by atomic mass is 10.1. The molecule has 0 saturated carbocycles. The van der Waals surface area contributed by atoms with Gasteiger partial charge >= 0.3 is 0 Å². The van der Waals surface area contributed by atoms with Gasteiger partial charge < -0.3 is 4.74 Å². The van der Waals surface area contributed by atoms with Crippen LogP contribution in [0.2, 0.25) is 0 Å². The molecular formula is C16H17N3OS. The van der Waals surface area contributed by atoms with Gasteiger partial charge in [-0.05, 0) is 42.3 Å². The average molecular weight is 299 g/mol. The summed E-state index contributed by atoms with van der Waals surface area (Å²) in [6.45, 7) is 2.14. The SMILES string of the molecule is CCCc1cc(=S)n2[nH]c(-c3ccc(OC)cc3)cc2n1. The van der Waals surface area contributed by atoms with E-state index in [0.717, 1.165) is 45.8 Å². The Morgan fingerprint density at radius 3 is 2.67 bits per heavy atom. The molecule has 0 spiro atoms. The second-order valence-electron chi connectivity index (χ2n) is 4.93. The molecule has 0 saturated heterocycles. The first-order chi connectivity index (χ1) is 10.2. The van der Waals surface area contributed by atoms with Crippen molar-refractivity contribution >= 4 is 17.9 Å². The number of ether oxygens (including phenoxy) is 1. The fourth-order valence-corrected chi connectivity index (χ4v) is 2.62. The van der Waals surface area contributed by atoms with E-state index in [-0.39, 0.29) is 0 Å². The molecule has 0 radical (unpaired) electrons. The Labute approximate surface area is 128 Å². The third-order valence-corrected chi connectivity index (χ3v) is 3.71. The highest BCUT2D eigenvalue weighted by atomic mass is 32.1. The number of benzene rings is 1. The van der Waals surface area contributed by atoms with E-state index in [4.69, 9.17) is 17.0 Å². The van der Waals surface area contributed by atoms with Crippen LogP contribution in [0.15, 0.2) is 36.4 Å². The fraction of sp³-hybridized carbons (Fsp3) is 0.250. The summed E-state index contributed by atoms with van der Waals surface area (Å²) in [5.74, 6) is 0.842. The van der Waals surface area contributed by atoms with Gasteiger partial charge in [-0.1, -0.05) is 25.6 Å². The number of aryl methyl sites for hydroxylation is 1. The number of H-pyrrole nitrogens is 1. The summed E-state index contributed by atoms with van der Waals surface area (Å²) in [6.07, 6.45) is 2.01. The van der Waals surface area contributed by atoms with Crippen molar-refractivity contribution in [1.82, 2.24) is 14.6 Å². The van der Waals surface area contributed by atoms with Crippen LogP contribution in [0.5, 0.6) is 5.75 Å². The zero-order chi connectivity index (χ0) is 14.8. The van der Waals surface area contributed by atoms with Gasteiger partial charge in [0.2, 0.25) is 0 Å². The first kappa shape index (κ1) is 13.8. The van der Waals surface area contributed by atoms with Crippen LogP contribution in [0.25, 0.3) is 16.9 Å². The standard InChI is InChI=1S/C16H17N3OS/c1-3-4-12-9-16(21)19-15(17-12)10-14(18-19)11-5-7-13(20-2)8-6-11/h5-10,18H,3-4H2,1-2H3. The molecule has 3 aromatic rings. The highest BCUT2D eigenvalue weighted by Gasteiger charge is 2.06. The van der Waals surface area contributed by atoms with Gasteiger partial charge in [-0.25, -0.2) is 9.50 Å². The number of nitrogens with zero attached hydrogens (tertiary/aromatic N) is 2. The van der Waals surface area contributed by atoms with Crippen molar-refractivity contribution in [3.05, 3.63) is 46.7 Å². The molecule has 0 aliphatic rings. The molecule has 0 amide bonds. The number of methoxy groups -OCH3 is 1. The van der Waals surface area contributed by atoms with Gasteiger partial charge in [0.05, 0.1) is 12.8 Å². The molecule has 108 valence electrons. The molecule has 0 aliphatic heterocycles. The summed E-state index contributed by atoms with van der Waals surface area (Å²) in [5, 5.41) is 3.30. The number of fused-ring (bicyclic) bond motifs is 1. The number of aromatic nitrogens is 3.